The van der Waals surface area contributed by atoms with Crippen LogP contribution < -0.4 is 14.4 Å². The Labute approximate surface area is 197 Å². The number of carbonyl (C=O) groups excluding carboxylic acids is 1. The molecule has 1 N–H and O–H groups in total. The highest BCUT2D eigenvalue weighted by molar-refractivity contribution is 5.95. The summed E-state index contributed by atoms with van der Waals surface area (Å²) in [6.45, 7) is 0.570. The smallest absolute Gasteiger partial charge is 0.264 e. The third kappa shape index (κ3) is 4.32. The lowest BCUT2D eigenvalue weighted by Gasteiger charge is -2.29. The van der Waals surface area contributed by atoms with Crippen LogP contribution in [0.3, 0.4) is 0 Å². The zero-order chi connectivity index (χ0) is 23.5. The van der Waals surface area contributed by atoms with E-state index in [1.807, 2.05) is 54.6 Å². The fraction of sp³-hybridized carbons (Fsp3) is 0.269. The molecule has 0 atom stereocenters. The highest BCUT2D eigenvalue weighted by atomic mass is 16.5. The number of aromatic nitrogens is 3. The lowest BCUT2D eigenvalue weighted by atomic mass is 10.0. The average molecular weight is 459 g/mol. The van der Waals surface area contributed by atoms with Gasteiger partial charge in [-0.25, -0.2) is 0 Å². The molecule has 0 saturated heterocycles. The number of nitrogens with zero attached hydrogens (tertiary/aromatic N) is 4. The molecule has 1 aliphatic rings. The van der Waals surface area contributed by atoms with E-state index in [1.165, 1.54) is 4.80 Å². The third-order valence-electron chi connectivity index (χ3n) is 5.98. The fourth-order valence-corrected chi connectivity index (χ4v) is 4.27. The SMILES string of the molecule is COc1ccc2c(c1)CCCN2C(=O)COc1ccc(CCO)cc1-n1nc2ccccc2n1. The molecule has 1 amide bonds. The highest BCUT2D eigenvalue weighted by Gasteiger charge is 2.24. The van der Waals surface area contributed by atoms with Crippen LogP contribution in [0.25, 0.3) is 16.7 Å². The number of anilines is 1. The molecular formula is C26H26N4O4. The predicted octanol–water partition coefficient (Wildman–Crippen LogP) is 3.32. The van der Waals surface area contributed by atoms with Gasteiger partial charge < -0.3 is 19.5 Å². The highest BCUT2D eigenvalue weighted by Crippen LogP contribution is 2.31. The van der Waals surface area contributed by atoms with E-state index in [0.717, 1.165) is 46.4 Å². The summed E-state index contributed by atoms with van der Waals surface area (Å²) in [5.41, 5.74) is 5.07. The van der Waals surface area contributed by atoms with Gasteiger partial charge in [-0.1, -0.05) is 18.2 Å². The molecule has 0 fully saturated rings. The van der Waals surface area contributed by atoms with E-state index in [2.05, 4.69) is 10.2 Å². The van der Waals surface area contributed by atoms with E-state index in [1.54, 1.807) is 18.1 Å². The van der Waals surface area contributed by atoms with Crippen molar-refractivity contribution in [3.63, 3.8) is 0 Å². The molecule has 1 aromatic heterocycles. The molecule has 5 rings (SSSR count). The van der Waals surface area contributed by atoms with E-state index in [0.29, 0.717) is 24.4 Å². The second-order valence-corrected chi connectivity index (χ2v) is 8.19. The first-order valence-corrected chi connectivity index (χ1v) is 11.3. The molecule has 174 valence electrons. The Morgan fingerprint density at radius 2 is 1.82 bits per heavy atom. The number of methoxy groups -OCH3 is 1. The number of hydrogen-bond donors (Lipinski definition) is 1. The number of aliphatic hydroxyl groups is 1. The van der Waals surface area contributed by atoms with Crippen molar-refractivity contribution in [2.45, 2.75) is 19.3 Å². The van der Waals surface area contributed by atoms with Gasteiger partial charge in [0.2, 0.25) is 0 Å². The number of aryl methyl sites for hydroxylation is 1. The van der Waals surface area contributed by atoms with Crippen molar-refractivity contribution < 1.29 is 19.4 Å². The maximum atomic E-state index is 13.1. The van der Waals surface area contributed by atoms with Gasteiger partial charge in [0, 0.05) is 18.8 Å². The number of ether oxygens (including phenoxy) is 2. The summed E-state index contributed by atoms with van der Waals surface area (Å²) < 4.78 is 11.3. The van der Waals surface area contributed by atoms with E-state index < -0.39 is 0 Å². The largest absolute Gasteiger partial charge is 0.497 e. The van der Waals surface area contributed by atoms with Gasteiger partial charge in [-0.3, -0.25) is 4.79 Å². The quantitative estimate of drug-likeness (QED) is 0.457. The van der Waals surface area contributed by atoms with Crippen molar-refractivity contribution in [1.82, 2.24) is 15.0 Å². The lowest BCUT2D eigenvalue weighted by molar-refractivity contribution is -0.120. The monoisotopic (exact) mass is 458 g/mol. The van der Waals surface area contributed by atoms with Crippen molar-refractivity contribution >= 4 is 22.6 Å². The van der Waals surface area contributed by atoms with Crippen LogP contribution in [0.5, 0.6) is 11.5 Å². The van der Waals surface area contributed by atoms with Crippen LogP contribution in [0, 0.1) is 0 Å². The second-order valence-electron chi connectivity index (χ2n) is 8.19. The van der Waals surface area contributed by atoms with Crippen LogP contribution >= 0.6 is 0 Å². The number of hydrogen-bond acceptors (Lipinski definition) is 6. The number of amides is 1. The molecule has 0 saturated carbocycles. The average Bonchev–Trinajstić information content (AvgIpc) is 3.31. The van der Waals surface area contributed by atoms with Gasteiger partial charge in [0.25, 0.3) is 5.91 Å². The van der Waals surface area contributed by atoms with Crippen molar-refractivity contribution in [1.29, 1.82) is 0 Å². The molecule has 0 aliphatic carbocycles. The van der Waals surface area contributed by atoms with E-state index in [9.17, 15) is 9.90 Å². The van der Waals surface area contributed by atoms with Crippen LogP contribution in [0.1, 0.15) is 17.5 Å². The molecule has 0 spiro atoms. The Bertz CT molecular complexity index is 1300. The first kappa shape index (κ1) is 21.9. The molecule has 0 radical (unpaired) electrons. The number of carbonyl (C=O) groups is 1. The summed E-state index contributed by atoms with van der Waals surface area (Å²) in [6, 6.07) is 19.0. The first-order chi connectivity index (χ1) is 16.7. The summed E-state index contributed by atoms with van der Waals surface area (Å²) in [5, 5.41) is 18.5. The zero-order valence-corrected chi connectivity index (χ0v) is 19.0. The minimum absolute atomic E-state index is 0.0335. The Kier molecular flexibility index (Phi) is 6.14. The van der Waals surface area contributed by atoms with Crippen LogP contribution in [-0.2, 0) is 17.6 Å². The minimum atomic E-state index is -0.116. The molecule has 1 aliphatic heterocycles. The summed E-state index contributed by atoms with van der Waals surface area (Å²) in [7, 11) is 1.64. The topological polar surface area (TPSA) is 89.7 Å². The van der Waals surface area contributed by atoms with E-state index >= 15 is 0 Å². The maximum Gasteiger partial charge on any atom is 0.264 e. The molecule has 8 heteroatoms. The number of benzene rings is 3. The zero-order valence-electron chi connectivity index (χ0n) is 19.0. The third-order valence-corrected chi connectivity index (χ3v) is 5.98. The fourth-order valence-electron chi connectivity index (χ4n) is 4.27. The van der Waals surface area contributed by atoms with E-state index in [-0.39, 0.29) is 19.1 Å². The first-order valence-electron chi connectivity index (χ1n) is 11.3. The molecule has 2 heterocycles. The van der Waals surface area contributed by atoms with Gasteiger partial charge in [-0.05, 0) is 72.9 Å². The summed E-state index contributed by atoms with van der Waals surface area (Å²) in [6.07, 6.45) is 2.30. The maximum absolute atomic E-state index is 13.1. The Morgan fingerprint density at radius 3 is 2.56 bits per heavy atom. The number of aliphatic hydroxyl groups excluding tert-OH is 1. The minimum Gasteiger partial charge on any atom is -0.497 e. The predicted molar refractivity (Wildman–Crippen MR) is 129 cm³/mol. The van der Waals surface area contributed by atoms with Gasteiger partial charge in [-0.2, -0.15) is 0 Å². The van der Waals surface area contributed by atoms with Gasteiger partial charge >= 0.3 is 0 Å². The van der Waals surface area contributed by atoms with Crippen molar-refractivity contribution in [3.8, 4) is 17.2 Å². The van der Waals surface area contributed by atoms with Crippen molar-refractivity contribution in [2.75, 3.05) is 31.8 Å². The van der Waals surface area contributed by atoms with Crippen LogP contribution in [0.4, 0.5) is 5.69 Å². The lowest BCUT2D eigenvalue weighted by Crippen LogP contribution is -2.38. The molecule has 8 nitrogen and oxygen atoms in total. The van der Waals surface area contributed by atoms with Gasteiger partial charge in [0.15, 0.2) is 6.61 Å². The van der Waals surface area contributed by atoms with E-state index in [4.69, 9.17) is 9.47 Å². The molecule has 0 bridgehead atoms. The van der Waals surface area contributed by atoms with Crippen LogP contribution in [0.15, 0.2) is 60.7 Å². The van der Waals surface area contributed by atoms with Crippen molar-refractivity contribution in [2.24, 2.45) is 0 Å². The van der Waals surface area contributed by atoms with Crippen LogP contribution in [0.2, 0.25) is 0 Å². The van der Waals surface area contributed by atoms with Gasteiger partial charge in [0.1, 0.15) is 28.2 Å². The molecule has 4 aromatic rings. The Morgan fingerprint density at radius 1 is 1.03 bits per heavy atom. The number of fused-ring (bicyclic) bond motifs is 2. The van der Waals surface area contributed by atoms with Gasteiger partial charge in [0.05, 0.1) is 7.11 Å². The molecule has 34 heavy (non-hydrogen) atoms. The Hall–Kier alpha value is -3.91. The second kappa shape index (κ2) is 9.52. The Balaban J connectivity index is 1.40. The summed E-state index contributed by atoms with van der Waals surface area (Å²) >= 11 is 0. The molecule has 3 aromatic carbocycles. The normalized spacial score (nSPS) is 13.1. The molecule has 0 unspecified atom stereocenters. The summed E-state index contributed by atoms with van der Waals surface area (Å²) in [4.78, 5) is 16.4. The van der Waals surface area contributed by atoms with Gasteiger partial charge in [-0.15, -0.1) is 15.0 Å². The number of rotatable bonds is 7. The molecular weight excluding hydrogens is 432 g/mol. The van der Waals surface area contributed by atoms with Crippen molar-refractivity contribution in [3.05, 3.63) is 71.8 Å². The summed E-state index contributed by atoms with van der Waals surface area (Å²) in [5.74, 6) is 1.17. The van der Waals surface area contributed by atoms with Crippen LogP contribution in [-0.4, -0.2) is 52.9 Å². The standard InChI is InChI=1S/C26H26N4O4/c1-33-20-9-10-23-19(16-20)5-4-13-29(23)26(32)17-34-25-11-8-18(12-14-31)15-24(25)30-27-21-6-2-3-7-22(21)28-30/h2-3,6-11,15-16,31H,4-5,12-14,17H2,1H3.